The van der Waals surface area contributed by atoms with Gasteiger partial charge >= 0.3 is 5.97 Å². The molecule has 0 aliphatic heterocycles. The van der Waals surface area contributed by atoms with E-state index in [-0.39, 0.29) is 11.5 Å². The number of furan rings is 1. The van der Waals surface area contributed by atoms with Crippen LogP contribution in [0, 0.1) is 0 Å². The van der Waals surface area contributed by atoms with Gasteiger partial charge in [0.05, 0.1) is 5.69 Å². The number of hydrogen-bond donors (Lipinski definition) is 2. The maximum atomic E-state index is 12.1. The van der Waals surface area contributed by atoms with E-state index in [9.17, 15) is 9.59 Å². The molecule has 1 amide bonds. The molecule has 2 heterocycles. The summed E-state index contributed by atoms with van der Waals surface area (Å²) in [6.45, 7) is 0. The van der Waals surface area contributed by atoms with Gasteiger partial charge in [-0.2, -0.15) is 0 Å². The molecule has 0 spiro atoms. The van der Waals surface area contributed by atoms with Crippen molar-refractivity contribution in [1.29, 1.82) is 0 Å². The van der Waals surface area contributed by atoms with Crippen LogP contribution in [0.25, 0.3) is 10.8 Å². The summed E-state index contributed by atoms with van der Waals surface area (Å²) in [5.74, 6) is -2.07. The van der Waals surface area contributed by atoms with Crippen molar-refractivity contribution in [3.8, 4) is 0 Å². The number of hydrogen-bond acceptors (Lipinski definition) is 4. The van der Waals surface area contributed by atoms with Gasteiger partial charge in [0.2, 0.25) is 5.76 Å². The fourth-order valence-corrected chi connectivity index (χ4v) is 1.98. The third-order valence-electron chi connectivity index (χ3n) is 2.97. The highest BCUT2D eigenvalue weighted by Gasteiger charge is 2.15. The van der Waals surface area contributed by atoms with Gasteiger partial charge < -0.3 is 14.8 Å². The van der Waals surface area contributed by atoms with Gasteiger partial charge in [-0.25, -0.2) is 4.79 Å². The van der Waals surface area contributed by atoms with E-state index in [4.69, 9.17) is 9.52 Å². The molecular formula is C15H10N2O4. The molecule has 6 nitrogen and oxygen atoms in total. The molecule has 6 heteroatoms. The van der Waals surface area contributed by atoms with Crippen molar-refractivity contribution in [2.75, 3.05) is 5.32 Å². The van der Waals surface area contributed by atoms with Crippen LogP contribution >= 0.6 is 0 Å². The molecule has 0 bridgehead atoms. The second-order valence-corrected chi connectivity index (χ2v) is 4.33. The van der Waals surface area contributed by atoms with Crippen molar-refractivity contribution in [2.24, 2.45) is 0 Å². The third-order valence-corrected chi connectivity index (χ3v) is 2.97. The average molecular weight is 282 g/mol. The monoisotopic (exact) mass is 282 g/mol. The number of benzene rings is 1. The minimum Gasteiger partial charge on any atom is -0.475 e. The zero-order valence-corrected chi connectivity index (χ0v) is 10.7. The van der Waals surface area contributed by atoms with E-state index in [1.807, 2.05) is 18.2 Å². The molecule has 2 aromatic heterocycles. The van der Waals surface area contributed by atoms with Crippen LogP contribution in [-0.4, -0.2) is 22.0 Å². The lowest BCUT2D eigenvalue weighted by atomic mass is 10.1. The number of pyridine rings is 1. The fourth-order valence-electron chi connectivity index (χ4n) is 1.98. The third kappa shape index (κ3) is 2.46. The summed E-state index contributed by atoms with van der Waals surface area (Å²) in [6.07, 6.45) is 3.31. The largest absolute Gasteiger partial charge is 0.475 e. The molecule has 3 aromatic rings. The van der Waals surface area contributed by atoms with Crippen molar-refractivity contribution in [1.82, 2.24) is 4.98 Å². The molecule has 0 saturated heterocycles. The van der Waals surface area contributed by atoms with Gasteiger partial charge in [-0.1, -0.05) is 12.1 Å². The van der Waals surface area contributed by atoms with E-state index in [0.717, 1.165) is 10.8 Å². The summed E-state index contributed by atoms with van der Waals surface area (Å²) >= 11 is 0. The molecular weight excluding hydrogens is 272 g/mol. The summed E-state index contributed by atoms with van der Waals surface area (Å²) in [5, 5.41) is 13.2. The molecule has 0 saturated carbocycles. The van der Waals surface area contributed by atoms with Crippen molar-refractivity contribution in [3.05, 3.63) is 60.3 Å². The van der Waals surface area contributed by atoms with Gasteiger partial charge in [-0.15, -0.1) is 0 Å². The first-order chi connectivity index (χ1) is 10.1. The predicted molar refractivity (Wildman–Crippen MR) is 75.4 cm³/mol. The van der Waals surface area contributed by atoms with Crippen LogP contribution < -0.4 is 5.32 Å². The van der Waals surface area contributed by atoms with Crippen LogP contribution in [0.15, 0.2) is 53.2 Å². The number of anilines is 1. The van der Waals surface area contributed by atoms with Crippen molar-refractivity contribution < 1.29 is 19.1 Å². The topological polar surface area (TPSA) is 92.4 Å². The minimum atomic E-state index is -1.22. The second-order valence-electron chi connectivity index (χ2n) is 4.33. The molecule has 0 radical (unpaired) electrons. The van der Waals surface area contributed by atoms with E-state index < -0.39 is 11.9 Å². The lowest BCUT2D eigenvalue weighted by Crippen LogP contribution is -2.11. The van der Waals surface area contributed by atoms with Gasteiger partial charge in [0.25, 0.3) is 5.91 Å². The Morgan fingerprint density at radius 1 is 1.10 bits per heavy atom. The van der Waals surface area contributed by atoms with Gasteiger partial charge in [-0.3, -0.25) is 9.78 Å². The first-order valence-corrected chi connectivity index (χ1v) is 6.12. The number of nitrogens with zero attached hydrogens (tertiary/aromatic N) is 1. The first-order valence-electron chi connectivity index (χ1n) is 6.12. The number of aromatic carboxylic acids is 1. The summed E-state index contributed by atoms with van der Waals surface area (Å²) in [6, 6.07) is 9.85. The van der Waals surface area contributed by atoms with Gasteiger partial charge in [-0.05, 0) is 29.7 Å². The lowest BCUT2D eigenvalue weighted by Gasteiger charge is -2.06. The average Bonchev–Trinajstić information content (AvgIpc) is 2.98. The molecule has 21 heavy (non-hydrogen) atoms. The number of carboxylic acids is 1. The number of amides is 1. The zero-order valence-electron chi connectivity index (χ0n) is 10.7. The molecule has 0 fully saturated rings. The Morgan fingerprint density at radius 3 is 2.67 bits per heavy atom. The Labute approximate surface area is 119 Å². The van der Waals surface area contributed by atoms with Crippen LogP contribution in [0.4, 0.5) is 5.69 Å². The number of fused-ring (bicyclic) bond motifs is 1. The smallest absolute Gasteiger partial charge is 0.371 e. The van der Waals surface area contributed by atoms with E-state index in [0.29, 0.717) is 5.69 Å². The molecule has 0 atom stereocenters. The Bertz CT molecular complexity index is 833. The predicted octanol–water partition coefficient (Wildman–Crippen LogP) is 2.78. The van der Waals surface area contributed by atoms with E-state index in [1.165, 1.54) is 12.1 Å². The highest BCUT2D eigenvalue weighted by atomic mass is 16.4. The molecule has 2 N–H and O–H groups in total. The van der Waals surface area contributed by atoms with Crippen LogP contribution in [0.2, 0.25) is 0 Å². The van der Waals surface area contributed by atoms with Crippen molar-refractivity contribution in [3.63, 3.8) is 0 Å². The molecule has 104 valence electrons. The normalized spacial score (nSPS) is 10.5. The minimum absolute atomic E-state index is 0.0618. The number of carbonyl (C=O) groups is 2. The number of aromatic nitrogens is 1. The Morgan fingerprint density at radius 2 is 1.90 bits per heavy atom. The molecule has 1 aromatic carbocycles. The standard InChI is InChI=1S/C15H10N2O4/c18-14(12-4-5-13(21-12)15(19)20)17-11-3-1-2-9-6-7-16-8-10(9)11/h1-8H,(H,17,18)(H,19,20). The van der Waals surface area contributed by atoms with Crippen LogP contribution in [0.3, 0.4) is 0 Å². The first kappa shape index (κ1) is 12.9. The molecule has 0 unspecified atom stereocenters. The molecule has 0 aliphatic carbocycles. The van der Waals surface area contributed by atoms with Gasteiger partial charge in [0.1, 0.15) is 0 Å². The number of carboxylic acid groups (broad SMARTS) is 1. The van der Waals surface area contributed by atoms with E-state index >= 15 is 0 Å². The van der Waals surface area contributed by atoms with Crippen molar-refractivity contribution >= 4 is 28.3 Å². The molecule has 3 rings (SSSR count). The highest BCUT2D eigenvalue weighted by Crippen LogP contribution is 2.22. The Kier molecular flexibility index (Phi) is 3.12. The number of rotatable bonds is 3. The highest BCUT2D eigenvalue weighted by molar-refractivity contribution is 6.08. The summed E-state index contributed by atoms with van der Waals surface area (Å²) in [5.41, 5.74) is 0.582. The fraction of sp³-hybridized carbons (Fsp3) is 0. The van der Waals surface area contributed by atoms with E-state index in [2.05, 4.69) is 10.3 Å². The van der Waals surface area contributed by atoms with Crippen LogP contribution in [-0.2, 0) is 0 Å². The quantitative estimate of drug-likeness (QED) is 0.770. The van der Waals surface area contributed by atoms with Crippen molar-refractivity contribution in [2.45, 2.75) is 0 Å². The lowest BCUT2D eigenvalue weighted by molar-refractivity contribution is 0.0660. The maximum absolute atomic E-state index is 12.1. The summed E-state index contributed by atoms with van der Waals surface area (Å²) in [4.78, 5) is 26.8. The second kappa shape index (κ2) is 5.09. The van der Waals surface area contributed by atoms with Gasteiger partial charge in [0, 0.05) is 17.8 Å². The van der Waals surface area contributed by atoms with Crippen LogP contribution in [0.1, 0.15) is 21.1 Å². The van der Waals surface area contributed by atoms with E-state index in [1.54, 1.807) is 18.5 Å². The summed E-state index contributed by atoms with van der Waals surface area (Å²) in [7, 11) is 0. The maximum Gasteiger partial charge on any atom is 0.371 e. The summed E-state index contributed by atoms with van der Waals surface area (Å²) < 4.78 is 4.96. The van der Waals surface area contributed by atoms with Gasteiger partial charge in [0.15, 0.2) is 5.76 Å². The SMILES string of the molecule is O=C(O)c1ccc(C(=O)Nc2cccc3ccncc23)o1. The number of nitrogens with one attached hydrogen (secondary N) is 1. The zero-order chi connectivity index (χ0) is 14.8. The molecule has 0 aliphatic rings. The van der Waals surface area contributed by atoms with Crippen LogP contribution in [0.5, 0.6) is 0 Å². The Hall–Kier alpha value is -3.15. The number of carbonyl (C=O) groups excluding carboxylic acids is 1. The Balaban J connectivity index is 1.91.